The fourth-order valence-electron chi connectivity index (χ4n) is 5.99. The summed E-state index contributed by atoms with van der Waals surface area (Å²) in [7, 11) is 0. The Morgan fingerprint density at radius 1 is 0.735 bits per heavy atom. The number of rotatable bonds is 10. The summed E-state index contributed by atoms with van der Waals surface area (Å²) >= 11 is 1.37. The van der Waals surface area contributed by atoms with E-state index in [1.807, 2.05) is 72.8 Å². The smallest absolute Gasteiger partial charge is 0.272 e. The van der Waals surface area contributed by atoms with E-state index in [-0.39, 0.29) is 17.4 Å². The molecule has 2 heterocycles. The van der Waals surface area contributed by atoms with Gasteiger partial charge in [-0.25, -0.2) is 0 Å². The third-order valence-electron chi connectivity index (χ3n) is 8.28. The molecule has 0 bridgehead atoms. The lowest BCUT2D eigenvalue weighted by Crippen LogP contribution is -2.30. The second-order valence-corrected chi connectivity index (χ2v) is 12.5. The molecule has 8 nitrogen and oxygen atoms in total. The standard InChI is InChI=1S/C40H33N5O3S/c1-2-45-36-18-9-7-16-32(36)33-23-29(19-20-37(33)45)42-38(46)25-49-30-14-10-13-28(22-30)43-40(48)35(44-39(47)26-11-4-3-5-12-26)21-27-24-41-34-17-8-6-15-31(27)34/h3-24,41H,2,25H2,1H3,(H,42,46)(H,43,48)(H,44,47)/b35-21-. The van der Waals surface area contributed by atoms with E-state index in [1.165, 1.54) is 17.3 Å². The van der Waals surface area contributed by atoms with Crippen molar-refractivity contribution >= 4 is 79.6 Å². The molecule has 7 rings (SSSR count). The summed E-state index contributed by atoms with van der Waals surface area (Å²) in [6.07, 6.45) is 3.46. The lowest BCUT2D eigenvalue weighted by Gasteiger charge is -2.12. The number of amides is 3. The van der Waals surface area contributed by atoms with Gasteiger partial charge in [-0.15, -0.1) is 11.8 Å². The molecule has 0 saturated heterocycles. The fourth-order valence-corrected chi connectivity index (χ4v) is 6.75. The van der Waals surface area contributed by atoms with Gasteiger partial charge in [0.25, 0.3) is 11.8 Å². The number of H-pyrrole nitrogens is 1. The molecular formula is C40H33N5O3S. The molecule has 0 unspecified atom stereocenters. The van der Waals surface area contributed by atoms with Crippen LogP contribution in [0, 0.1) is 0 Å². The predicted octanol–water partition coefficient (Wildman–Crippen LogP) is 8.44. The largest absolute Gasteiger partial charge is 0.361 e. The normalized spacial score (nSPS) is 11.6. The van der Waals surface area contributed by atoms with Gasteiger partial charge in [0.1, 0.15) is 5.70 Å². The van der Waals surface area contributed by atoms with Crippen molar-refractivity contribution in [3.8, 4) is 0 Å². The van der Waals surface area contributed by atoms with E-state index in [0.29, 0.717) is 11.3 Å². The molecule has 242 valence electrons. The number of aromatic amines is 1. The highest BCUT2D eigenvalue weighted by Gasteiger charge is 2.17. The number of hydrogen-bond donors (Lipinski definition) is 4. The zero-order valence-electron chi connectivity index (χ0n) is 26.7. The minimum atomic E-state index is -0.478. The number of nitrogens with one attached hydrogen (secondary N) is 4. The zero-order valence-corrected chi connectivity index (χ0v) is 27.5. The van der Waals surface area contributed by atoms with Crippen LogP contribution in [0.15, 0.2) is 138 Å². The Labute approximate surface area is 287 Å². The third-order valence-corrected chi connectivity index (χ3v) is 9.28. The van der Waals surface area contributed by atoms with Crippen LogP contribution in [0.3, 0.4) is 0 Å². The number of anilines is 2. The number of carbonyl (C=O) groups is 3. The average Bonchev–Trinajstić information content (AvgIpc) is 3.69. The first-order valence-corrected chi connectivity index (χ1v) is 16.9. The summed E-state index contributed by atoms with van der Waals surface area (Å²) in [6.45, 7) is 2.99. The third kappa shape index (κ3) is 6.83. The Morgan fingerprint density at radius 3 is 2.31 bits per heavy atom. The van der Waals surface area contributed by atoms with Gasteiger partial charge < -0.3 is 25.5 Å². The van der Waals surface area contributed by atoms with Crippen molar-refractivity contribution in [2.75, 3.05) is 16.4 Å². The summed E-state index contributed by atoms with van der Waals surface area (Å²) in [5.74, 6) is -0.822. The Kier molecular flexibility index (Phi) is 8.99. The SMILES string of the molecule is CCn1c2ccccc2c2cc(NC(=O)CSc3cccc(NC(=O)/C(=C/c4c[nH]c5ccccc45)NC(=O)c4ccccc4)c3)ccc21. The Balaban J connectivity index is 1.04. The van der Waals surface area contributed by atoms with E-state index in [4.69, 9.17) is 0 Å². The van der Waals surface area contributed by atoms with E-state index < -0.39 is 11.8 Å². The van der Waals surface area contributed by atoms with Gasteiger partial charge >= 0.3 is 0 Å². The maximum Gasteiger partial charge on any atom is 0.272 e. The monoisotopic (exact) mass is 663 g/mol. The van der Waals surface area contributed by atoms with Crippen molar-refractivity contribution < 1.29 is 14.4 Å². The van der Waals surface area contributed by atoms with Crippen LogP contribution in [0.5, 0.6) is 0 Å². The minimum Gasteiger partial charge on any atom is -0.361 e. The molecule has 2 aromatic heterocycles. The van der Waals surface area contributed by atoms with Crippen molar-refractivity contribution in [1.82, 2.24) is 14.9 Å². The lowest BCUT2D eigenvalue weighted by atomic mass is 10.1. The zero-order chi connectivity index (χ0) is 33.7. The topological polar surface area (TPSA) is 108 Å². The van der Waals surface area contributed by atoms with Gasteiger partial charge in [0.05, 0.1) is 5.75 Å². The second-order valence-electron chi connectivity index (χ2n) is 11.5. The molecule has 9 heteroatoms. The molecule has 0 atom stereocenters. The van der Waals surface area contributed by atoms with Crippen LogP contribution in [0.2, 0.25) is 0 Å². The molecule has 49 heavy (non-hydrogen) atoms. The first-order chi connectivity index (χ1) is 24.0. The van der Waals surface area contributed by atoms with Crippen LogP contribution in [-0.2, 0) is 16.1 Å². The van der Waals surface area contributed by atoms with Gasteiger partial charge in [0, 0.05) is 72.8 Å². The highest BCUT2D eigenvalue weighted by Crippen LogP contribution is 2.31. The summed E-state index contributed by atoms with van der Waals surface area (Å²) < 4.78 is 2.27. The summed E-state index contributed by atoms with van der Waals surface area (Å²) in [5.41, 5.74) is 5.79. The first kappa shape index (κ1) is 31.5. The molecule has 0 fully saturated rings. The first-order valence-electron chi connectivity index (χ1n) is 16.0. The molecule has 0 aliphatic heterocycles. The fraction of sp³-hybridized carbons (Fsp3) is 0.0750. The minimum absolute atomic E-state index is 0.0927. The number of fused-ring (bicyclic) bond motifs is 4. The highest BCUT2D eigenvalue weighted by atomic mass is 32.2. The van der Waals surface area contributed by atoms with E-state index in [2.05, 4.69) is 50.6 Å². The summed E-state index contributed by atoms with van der Waals surface area (Å²) in [5, 5.41) is 11.9. The molecule has 0 aliphatic carbocycles. The summed E-state index contributed by atoms with van der Waals surface area (Å²) in [6, 6.07) is 38.1. The van der Waals surface area contributed by atoms with Crippen LogP contribution in [-0.4, -0.2) is 33.0 Å². The number of carbonyl (C=O) groups excluding carboxylic acids is 3. The van der Waals surface area contributed by atoms with Crippen molar-refractivity contribution in [3.05, 3.63) is 144 Å². The second kappa shape index (κ2) is 14.0. The maximum absolute atomic E-state index is 13.6. The molecule has 0 spiro atoms. The Morgan fingerprint density at radius 2 is 1.47 bits per heavy atom. The molecule has 3 amide bonds. The van der Waals surface area contributed by atoms with E-state index in [9.17, 15) is 14.4 Å². The van der Waals surface area contributed by atoms with Crippen molar-refractivity contribution in [1.29, 1.82) is 0 Å². The molecule has 0 saturated carbocycles. The highest BCUT2D eigenvalue weighted by molar-refractivity contribution is 8.00. The number of benzene rings is 5. The number of nitrogens with zero attached hydrogens (tertiary/aromatic N) is 1. The van der Waals surface area contributed by atoms with Gasteiger partial charge in [-0.1, -0.05) is 60.7 Å². The average molecular weight is 664 g/mol. The van der Waals surface area contributed by atoms with Crippen molar-refractivity contribution in [2.24, 2.45) is 0 Å². The van der Waals surface area contributed by atoms with Crippen LogP contribution in [0.25, 0.3) is 38.8 Å². The van der Waals surface area contributed by atoms with Crippen LogP contribution < -0.4 is 16.0 Å². The number of thioether (sulfide) groups is 1. The molecule has 0 aliphatic rings. The van der Waals surface area contributed by atoms with Crippen molar-refractivity contribution in [3.63, 3.8) is 0 Å². The number of aryl methyl sites for hydroxylation is 1. The van der Waals surface area contributed by atoms with E-state index in [1.54, 1.807) is 42.6 Å². The molecular weight excluding hydrogens is 631 g/mol. The van der Waals surface area contributed by atoms with Gasteiger partial charge in [0.15, 0.2) is 0 Å². The predicted molar refractivity (Wildman–Crippen MR) is 200 cm³/mol. The van der Waals surface area contributed by atoms with E-state index >= 15 is 0 Å². The van der Waals surface area contributed by atoms with Crippen LogP contribution in [0.4, 0.5) is 11.4 Å². The van der Waals surface area contributed by atoms with Crippen LogP contribution in [0.1, 0.15) is 22.8 Å². The quantitative estimate of drug-likeness (QED) is 0.0870. The Hall–Kier alpha value is -6.06. The van der Waals surface area contributed by atoms with Gasteiger partial charge in [-0.3, -0.25) is 14.4 Å². The van der Waals surface area contributed by atoms with E-state index in [0.717, 1.165) is 49.9 Å². The van der Waals surface area contributed by atoms with Gasteiger partial charge in [-0.2, -0.15) is 0 Å². The van der Waals surface area contributed by atoms with Crippen molar-refractivity contribution in [2.45, 2.75) is 18.4 Å². The van der Waals surface area contributed by atoms with Crippen LogP contribution >= 0.6 is 11.8 Å². The maximum atomic E-state index is 13.6. The molecule has 4 N–H and O–H groups in total. The molecule has 7 aromatic rings. The number of hydrogen-bond acceptors (Lipinski definition) is 4. The number of aromatic nitrogens is 2. The molecule has 0 radical (unpaired) electrons. The number of para-hydroxylation sites is 2. The lowest BCUT2D eigenvalue weighted by molar-refractivity contribution is -0.114. The Bertz CT molecular complexity index is 2370. The summed E-state index contributed by atoms with van der Waals surface area (Å²) in [4.78, 5) is 43.8. The molecule has 5 aromatic carbocycles. The van der Waals surface area contributed by atoms with Gasteiger partial charge in [0.2, 0.25) is 5.91 Å². The van der Waals surface area contributed by atoms with Gasteiger partial charge in [-0.05, 0) is 73.7 Å².